The first-order valence-corrected chi connectivity index (χ1v) is 10.4. The highest BCUT2D eigenvalue weighted by atomic mass is 35.5. The van der Waals surface area contributed by atoms with Crippen LogP contribution in [0.3, 0.4) is 0 Å². The molecule has 1 heterocycles. The SMILES string of the molecule is C=CCc1cc(/C=C2\SC(=O)N(CC(=O)Nc3ccc(F)c(Cl)c3)C2=O)cc(OC)c1O. The number of imide groups is 1. The Labute approximate surface area is 192 Å². The average Bonchev–Trinajstić information content (AvgIpc) is 3.00. The van der Waals surface area contributed by atoms with Crippen molar-refractivity contribution in [2.75, 3.05) is 19.0 Å². The van der Waals surface area contributed by atoms with Crippen LogP contribution < -0.4 is 10.1 Å². The predicted octanol–water partition coefficient (Wildman–Crippen LogP) is 4.60. The topological polar surface area (TPSA) is 95.9 Å². The molecule has 3 amide bonds. The van der Waals surface area contributed by atoms with Crippen LogP contribution in [0.1, 0.15) is 11.1 Å². The van der Waals surface area contributed by atoms with Crippen molar-refractivity contribution in [2.45, 2.75) is 6.42 Å². The van der Waals surface area contributed by atoms with Crippen LogP contribution in [0.2, 0.25) is 5.02 Å². The second-order valence-electron chi connectivity index (χ2n) is 6.67. The van der Waals surface area contributed by atoms with E-state index in [1.807, 2.05) is 0 Å². The van der Waals surface area contributed by atoms with Gasteiger partial charge in [0, 0.05) is 11.3 Å². The van der Waals surface area contributed by atoms with Gasteiger partial charge in [-0.25, -0.2) is 4.39 Å². The lowest BCUT2D eigenvalue weighted by Crippen LogP contribution is -2.36. The molecule has 1 fully saturated rings. The summed E-state index contributed by atoms with van der Waals surface area (Å²) in [4.78, 5) is 38.2. The lowest BCUT2D eigenvalue weighted by atomic mass is 10.1. The number of amides is 3. The largest absolute Gasteiger partial charge is 0.504 e. The van der Waals surface area contributed by atoms with Crippen molar-refractivity contribution >= 4 is 52.2 Å². The van der Waals surface area contributed by atoms with E-state index in [0.29, 0.717) is 29.3 Å². The Balaban J connectivity index is 1.77. The standard InChI is InChI=1S/C22H18ClFN2O5S/c1-3-4-13-7-12(8-17(31-2)20(13)28)9-18-21(29)26(22(30)32-18)11-19(27)25-14-5-6-16(24)15(23)10-14/h3,5-10,28H,1,4,11H2,2H3,(H,25,27)/b18-9-. The first kappa shape index (κ1) is 23.4. The van der Waals surface area contributed by atoms with Crippen molar-refractivity contribution < 1.29 is 28.6 Å². The molecule has 0 atom stereocenters. The number of hydrogen-bond donors (Lipinski definition) is 2. The quantitative estimate of drug-likeness (QED) is 0.448. The number of carbonyl (C=O) groups is 3. The molecular weight excluding hydrogens is 459 g/mol. The third-order valence-electron chi connectivity index (χ3n) is 4.44. The molecule has 0 aromatic heterocycles. The molecule has 166 valence electrons. The molecule has 0 bridgehead atoms. The van der Waals surface area contributed by atoms with Gasteiger partial charge in [-0.15, -0.1) is 6.58 Å². The number of ether oxygens (including phenoxy) is 1. The molecule has 0 aliphatic carbocycles. The number of halogens is 2. The minimum Gasteiger partial charge on any atom is -0.504 e. The molecular formula is C22H18ClFN2O5S. The number of phenolic OH excluding ortho intramolecular Hbond substituents is 1. The number of nitrogens with zero attached hydrogens (tertiary/aromatic N) is 1. The Bertz CT molecular complexity index is 1150. The van der Waals surface area contributed by atoms with Crippen LogP contribution in [0.5, 0.6) is 11.5 Å². The van der Waals surface area contributed by atoms with E-state index < -0.39 is 29.4 Å². The van der Waals surface area contributed by atoms with E-state index in [4.69, 9.17) is 16.3 Å². The molecule has 7 nitrogen and oxygen atoms in total. The van der Waals surface area contributed by atoms with E-state index in [9.17, 15) is 23.9 Å². The second kappa shape index (κ2) is 9.88. The molecule has 0 unspecified atom stereocenters. The Kier molecular flexibility index (Phi) is 7.22. The Hall–Kier alpha value is -3.30. The number of allylic oxidation sites excluding steroid dienone is 1. The van der Waals surface area contributed by atoms with Crippen molar-refractivity contribution in [2.24, 2.45) is 0 Å². The number of aromatic hydroxyl groups is 1. The van der Waals surface area contributed by atoms with Crippen molar-refractivity contribution in [3.8, 4) is 11.5 Å². The maximum absolute atomic E-state index is 13.2. The number of hydrogen-bond acceptors (Lipinski definition) is 6. The van der Waals surface area contributed by atoms with E-state index in [-0.39, 0.29) is 27.1 Å². The fourth-order valence-electron chi connectivity index (χ4n) is 2.94. The fraction of sp³-hybridized carbons (Fsp3) is 0.136. The van der Waals surface area contributed by atoms with Crippen molar-refractivity contribution in [3.05, 3.63) is 69.9 Å². The molecule has 2 aromatic carbocycles. The van der Waals surface area contributed by atoms with E-state index in [1.54, 1.807) is 12.1 Å². The number of carbonyl (C=O) groups excluding carboxylic acids is 3. The normalized spacial score (nSPS) is 14.7. The molecule has 3 rings (SSSR count). The lowest BCUT2D eigenvalue weighted by Gasteiger charge is -2.13. The third-order valence-corrected chi connectivity index (χ3v) is 5.63. The molecule has 0 spiro atoms. The number of anilines is 1. The summed E-state index contributed by atoms with van der Waals surface area (Å²) in [5.41, 5.74) is 1.31. The van der Waals surface area contributed by atoms with Gasteiger partial charge in [0.15, 0.2) is 11.5 Å². The van der Waals surface area contributed by atoms with Crippen LogP contribution in [0.25, 0.3) is 6.08 Å². The summed E-state index contributed by atoms with van der Waals surface area (Å²) in [6.07, 6.45) is 3.47. The van der Waals surface area contributed by atoms with Gasteiger partial charge in [0.1, 0.15) is 12.4 Å². The fourth-order valence-corrected chi connectivity index (χ4v) is 3.96. The number of phenols is 1. The van der Waals surface area contributed by atoms with Gasteiger partial charge in [0.25, 0.3) is 11.1 Å². The third kappa shape index (κ3) is 5.12. The molecule has 32 heavy (non-hydrogen) atoms. The number of benzene rings is 2. The van der Waals surface area contributed by atoms with Gasteiger partial charge in [-0.2, -0.15) is 0 Å². The van der Waals surface area contributed by atoms with Gasteiger partial charge in [-0.1, -0.05) is 17.7 Å². The Morgan fingerprint density at radius 3 is 2.75 bits per heavy atom. The summed E-state index contributed by atoms with van der Waals surface area (Å²) in [6.45, 7) is 3.13. The van der Waals surface area contributed by atoms with Gasteiger partial charge in [0.05, 0.1) is 17.0 Å². The van der Waals surface area contributed by atoms with Crippen molar-refractivity contribution in [1.82, 2.24) is 4.90 Å². The maximum atomic E-state index is 13.2. The van der Waals surface area contributed by atoms with Crippen LogP contribution >= 0.6 is 23.4 Å². The van der Waals surface area contributed by atoms with E-state index in [2.05, 4.69) is 11.9 Å². The summed E-state index contributed by atoms with van der Waals surface area (Å²) in [7, 11) is 1.40. The van der Waals surface area contributed by atoms with Crippen LogP contribution in [0.4, 0.5) is 14.9 Å². The highest BCUT2D eigenvalue weighted by molar-refractivity contribution is 8.18. The summed E-state index contributed by atoms with van der Waals surface area (Å²) in [5, 5.41) is 11.9. The van der Waals surface area contributed by atoms with Crippen LogP contribution in [-0.4, -0.2) is 40.7 Å². The maximum Gasteiger partial charge on any atom is 0.294 e. The highest BCUT2D eigenvalue weighted by Crippen LogP contribution is 2.36. The van der Waals surface area contributed by atoms with E-state index >= 15 is 0 Å². The first-order valence-electron chi connectivity index (χ1n) is 9.24. The minimum atomic E-state index is -0.643. The van der Waals surface area contributed by atoms with Gasteiger partial charge in [-0.3, -0.25) is 19.3 Å². The second-order valence-corrected chi connectivity index (χ2v) is 8.07. The Morgan fingerprint density at radius 2 is 2.09 bits per heavy atom. The van der Waals surface area contributed by atoms with Gasteiger partial charge in [-0.05, 0) is 60.2 Å². The monoisotopic (exact) mass is 476 g/mol. The van der Waals surface area contributed by atoms with Gasteiger partial charge >= 0.3 is 0 Å². The number of thioether (sulfide) groups is 1. The minimum absolute atomic E-state index is 0.0322. The van der Waals surface area contributed by atoms with Crippen LogP contribution in [0, 0.1) is 5.82 Å². The number of rotatable bonds is 7. The molecule has 1 saturated heterocycles. The Morgan fingerprint density at radius 1 is 1.34 bits per heavy atom. The zero-order valence-corrected chi connectivity index (χ0v) is 18.4. The first-order chi connectivity index (χ1) is 15.2. The van der Waals surface area contributed by atoms with Crippen LogP contribution in [0.15, 0.2) is 47.9 Å². The summed E-state index contributed by atoms with van der Waals surface area (Å²) >= 11 is 6.38. The van der Waals surface area contributed by atoms with E-state index in [0.717, 1.165) is 11.0 Å². The lowest BCUT2D eigenvalue weighted by molar-refractivity contribution is -0.127. The summed E-state index contributed by atoms with van der Waals surface area (Å²) in [5.74, 6) is -1.73. The summed E-state index contributed by atoms with van der Waals surface area (Å²) in [6, 6.07) is 6.81. The predicted molar refractivity (Wildman–Crippen MR) is 121 cm³/mol. The van der Waals surface area contributed by atoms with Crippen molar-refractivity contribution in [3.63, 3.8) is 0 Å². The summed E-state index contributed by atoms with van der Waals surface area (Å²) < 4.78 is 18.4. The number of nitrogens with one attached hydrogen (secondary N) is 1. The smallest absolute Gasteiger partial charge is 0.294 e. The molecule has 0 saturated carbocycles. The molecule has 2 N–H and O–H groups in total. The van der Waals surface area contributed by atoms with Gasteiger partial charge < -0.3 is 15.2 Å². The van der Waals surface area contributed by atoms with Gasteiger partial charge in [0.2, 0.25) is 5.91 Å². The molecule has 0 radical (unpaired) electrons. The zero-order chi connectivity index (χ0) is 23.4. The van der Waals surface area contributed by atoms with Crippen molar-refractivity contribution in [1.29, 1.82) is 0 Å². The molecule has 10 heteroatoms. The average molecular weight is 477 g/mol. The molecule has 1 aliphatic rings. The van der Waals surface area contributed by atoms with Crippen LogP contribution in [-0.2, 0) is 16.0 Å². The molecule has 2 aromatic rings. The zero-order valence-electron chi connectivity index (χ0n) is 16.9. The number of methoxy groups -OCH3 is 1. The highest BCUT2D eigenvalue weighted by Gasteiger charge is 2.36. The van der Waals surface area contributed by atoms with E-state index in [1.165, 1.54) is 31.4 Å². The molecule has 1 aliphatic heterocycles.